The van der Waals surface area contributed by atoms with Crippen LogP contribution in [0.2, 0.25) is 0 Å². The molecule has 3 aromatic rings. The maximum atomic E-state index is 13.3. The van der Waals surface area contributed by atoms with E-state index in [4.69, 9.17) is 10.4 Å². The van der Waals surface area contributed by atoms with E-state index in [1.165, 1.54) is 23.5 Å². The van der Waals surface area contributed by atoms with Crippen LogP contribution in [0.1, 0.15) is 16.8 Å². The molecule has 0 saturated carbocycles. The molecule has 0 amide bonds. The van der Waals surface area contributed by atoms with Crippen LogP contribution in [0.5, 0.6) is 0 Å². The summed E-state index contributed by atoms with van der Waals surface area (Å²) in [7, 11) is 0. The van der Waals surface area contributed by atoms with Gasteiger partial charge in [0.05, 0.1) is 17.3 Å². The highest BCUT2D eigenvalue weighted by molar-refractivity contribution is 7.13. The van der Waals surface area contributed by atoms with Crippen molar-refractivity contribution in [2.45, 2.75) is 19.9 Å². The van der Waals surface area contributed by atoms with Gasteiger partial charge < -0.3 is 10.0 Å². The minimum absolute atomic E-state index is 0.109. The predicted octanol–water partition coefficient (Wildman–Crippen LogP) is 5.41. The van der Waals surface area contributed by atoms with Crippen LogP contribution < -0.4 is 4.90 Å². The number of amidine groups is 1. The van der Waals surface area contributed by atoms with E-state index in [1.807, 2.05) is 44.2 Å². The quantitative estimate of drug-likeness (QED) is 0.639. The molecule has 1 atom stereocenters. The van der Waals surface area contributed by atoms with Crippen molar-refractivity contribution in [1.29, 1.82) is 5.41 Å². The monoisotopic (exact) mass is 379 g/mol. The first-order chi connectivity index (χ1) is 13.0. The van der Waals surface area contributed by atoms with Crippen LogP contribution in [0, 0.1) is 18.2 Å². The van der Waals surface area contributed by atoms with Gasteiger partial charge in [0.15, 0.2) is 0 Å². The van der Waals surface area contributed by atoms with Gasteiger partial charge in [0.25, 0.3) is 0 Å². The number of benzene rings is 2. The number of nitrogens with one attached hydrogen (secondary N) is 1. The molecule has 4 nitrogen and oxygen atoms in total. The number of rotatable bonds is 3. The topological polar surface area (TPSA) is 60.2 Å². The molecule has 0 spiro atoms. The Labute approximate surface area is 160 Å². The molecule has 0 bridgehead atoms. The molecular formula is C21H18FN3OS. The lowest BCUT2D eigenvalue weighted by Crippen LogP contribution is -2.33. The fraction of sp³-hybridized carbons (Fsp3) is 0.143. The molecule has 2 N–H and O–H groups in total. The van der Waals surface area contributed by atoms with Gasteiger partial charge in [-0.2, -0.15) is 0 Å². The molecule has 0 fully saturated rings. The third-order valence-corrected chi connectivity index (χ3v) is 5.67. The third-order valence-electron chi connectivity index (χ3n) is 4.68. The van der Waals surface area contributed by atoms with Crippen molar-refractivity contribution in [3.05, 3.63) is 76.1 Å². The first-order valence-electron chi connectivity index (χ1n) is 8.57. The van der Waals surface area contributed by atoms with Crippen LogP contribution in [-0.2, 0) is 0 Å². The lowest BCUT2D eigenvalue weighted by atomic mass is 10.1. The Bertz CT molecular complexity index is 1040. The number of anilines is 1. The fourth-order valence-electron chi connectivity index (χ4n) is 3.30. The summed E-state index contributed by atoms with van der Waals surface area (Å²) in [6, 6.07) is 15.4. The molecule has 1 aromatic heterocycles. The van der Waals surface area contributed by atoms with E-state index in [0.29, 0.717) is 16.3 Å². The van der Waals surface area contributed by atoms with E-state index < -0.39 is 6.04 Å². The van der Waals surface area contributed by atoms with Crippen molar-refractivity contribution < 1.29 is 9.50 Å². The van der Waals surface area contributed by atoms with E-state index in [0.717, 1.165) is 16.1 Å². The molecule has 1 aliphatic rings. The van der Waals surface area contributed by atoms with Gasteiger partial charge in [-0.3, -0.25) is 5.41 Å². The van der Waals surface area contributed by atoms with Crippen LogP contribution in [0.25, 0.3) is 16.8 Å². The number of thiazole rings is 1. The minimum atomic E-state index is -0.414. The highest BCUT2D eigenvalue weighted by atomic mass is 32.1. The minimum Gasteiger partial charge on any atom is -0.509 e. The molecular weight excluding hydrogens is 361 g/mol. The highest BCUT2D eigenvalue weighted by Crippen LogP contribution is 2.39. The Hall–Kier alpha value is -2.99. The number of aliphatic hydroxyl groups excluding tert-OH is 1. The van der Waals surface area contributed by atoms with Gasteiger partial charge in [0.2, 0.25) is 0 Å². The van der Waals surface area contributed by atoms with Crippen molar-refractivity contribution in [2.75, 3.05) is 4.90 Å². The van der Waals surface area contributed by atoms with E-state index in [9.17, 15) is 9.50 Å². The van der Waals surface area contributed by atoms with E-state index in [2.05, 4.69) is 0 Å². The Morgan fingerprint density at radius 1 is 1.11 bits per heavy atom. The van der Waals surface area contributed by atoms with Crippen molar-refractivity contribution in [2.24, 2.45) is 0 Å². The van der Waals surface area contributed by atoms with E-state index in [-0.39, 0.29) is 17.4 Å². The Morgan fingerprint density at radius 2 is 1.78 bits per heavy atom. The molecule has 0 radical (unpaired) electrons. The second-order valence-corrected chi connectivity index (χ2v) is 7.62. The molecule has 136 valence electrons. The average molecular weight is 379 g/mol. The van der Waals surface area contributed by atoms with Gasteiger partial charge in [-0.05, 0) is 38.1 Å². The first-order valence-corrected chi connectivity index (χ1v) is 9.39. The van der Waals surface area contributed by atoms with E-state index in [1.54, 1.807) is 17.0 Å². The maximum Gasteiger partial charge on any atom is 0.139 e. The summed E-state index contributed by atoms with van der Waals surface area (Å²) in [5, 5.41) is 20.0. The Balaban J connectivity index is 1.74. The number of aryl methyl sites for hydroxylation is 1. The molecule has 1 aliphatic heterocycles. The Kier molecular flexibility index (Phi) is 4.28. The molecule has 2 aromatic carbocycles. The Morgan fingerprint density at radius 3 is 2.44 bits per heavy atom. The molecule has 4 rings (SSSR count). The molecule has 27 heavy (non-hydrogen) atoms. The number of aliphatic hydroxyl groups is 1. The number of hydrogen-bond acceptors (Lipinski definition) is 4. The number of nitrogens with zero attached hydrogens (tertiary/aromatic N) is 2. The number of hydrogen-bond donors (Lipinski definition) is 2. The largest absolute Gasteiger partial charge is 0.509 e. The highest BCUT2D eigenvalue weighted by Gasteiger charge is 2.37. The summed E-state index contributed by atoms with van der Waals surface area (Å²) in [5.41, 5.74) is 2.95. The second-order valence-electron chi connectivity index (χ2n) is 6.42. The van der Waals surface area contributed by atoms with Crippen LogP contribution in [0.4, 0.5) is 10.1 Å². The summed E-state index contributed by atoms with van der Waals surface area (Å²) in [4.78, 5) is 7.42. The normalized spacial score (nSPS) is 17.1. The maximum absolute atomic E-state index is 13.3. The van der Waals surface area contributed by atoms with Crippen molar-refractivity contribution in [1.82, 2.24) is 4.98 Å². The van der Waals surface area contributed by atoms with Gasteiger partial charge in [0, 0.05) is 16.1 Å². The standard InChI is InChI=1S/C21H18FN3OS/c1-12-19(26)17(20(23)25(12)16-10-8-15(22)9-11-16)21-24-18(13(2)27-21)14-6-4-3-5-7-14/h3-12,23,26H,1-2H3. The van der Waals surface area contributed by atoms with Crippen LogP contribution >= 0.6 is 11.3 Å². The van der Waals surface area contributed by atoms with Crippen molar-refractivity contribution in [3.63, 3.8) is 0 Å². The lowest BCUT2D eigenvalue weighted by Gasteiger charge is -2.24. The molecule has 0 saturated heterocycles. The molecule has 6 heteroatoms. The smallest absolute Gasteiger partial charge is 0.139 e. The number of aromatic nitrogens is 1. The summed E-state index contributed by atoms with van der Waals surface area (Å²) in [6.45, 7) is 3.81. The summed E-state index contributed by atoms with van der Waals surface area (Å²) >= 11 is 1.46. The van der Waals surface area contributed by atoms with Crippen LogP contribution in [0.15, 0.2) is 60.4 Å². The average Bonchev–Trinajstić information content (AvgIpc) is 3.14. The summed E-state index contributed by atoms with van der Waals surface area (Å²) < 4.78 is 13.3. The lowest BCUT2D eigenvalue weighted by molar-refractivity contribution is 0.384. The van der Waals surface area contributed by atoms with Gasteiger partial charge >= 0.3 is 0 Å². The van der Waals surface area contributed by atoms with Gasteiger partial charge in [-0.1, -0.05) is 30.3 Å². The zero-order chi connectivity index (χ0) is 19.1. The van der Waals surface area contributed by atoms with Gasteiger partial charge in [-0.25, -0.2) is 9.37 Å². The SMILES string of the molecule is Cc1sc(C2=C(O)C(C)N(c3ccc(F)cc3)C2=N)nc1-c1ccccc1. The molecule has 1 unspecified atom stereocenters. The predicted molar refractivity (Wildman–Crippen MR) is 108 cm³/mol. The van der Waals surface area contributed by atoms with Gasteiger partial charge in [-0.15, -0.1) is 11.3 Å². The first kappa shape index (κ1) is 17.4. The van der Waals surface area contributed by atoms with Crippen LogP contribution in [0.3, 0.4) is 0 Å². The fourth-order valence-corrected chi connectivity index (χ4v) is 4.29. The number of halogens is 1. The van der Waals surface area contributed by atoms with Crippen molar-refractivity contribution in [3.8, 4) is 11.3 Å². The molecule has 0 aliphatic carbocycles. The zero-order valence-corrected chi connectivity index (χ0v) is 15.7. The third kappa shape index (κ3) is 2.92. The van der Waals surface area contributed by atoms with Gasteiger partial charge in [0.1, 0.15) is 22.4 Å². The zero-order valence-electron chi connectivity index (χ0n) is 14.9. The molecule has 2 heterocycles. The summed E-state index contributed by atoms with van der Waals surface area (Å²) in [6.07, 6.45) is 0. The second kappa shape index (κ2) is 6.63. The van der Waals surface area contributed by atoms with E-state index >= 15 is 0 Å². The van der Waals surface area contributed by atoms with Crippen LogP contribution in [-0.4, -0.2) is 22.0 Å². The summed E-state index contributed by atoms with van der Waals surface area (Å²) in [5.74, 6) is -0.0600. The van der Waals surface area contributed by atoms with Crippen molar-refractivity contribution >= 4 is 28.4 Å².